The molecule has 2 rings (SSSR count). The maximum atomic E-state index is 10.9. The van der Waals surface area contributed by atoms with Gasteiger partial charge in [-0.3, -0.25) is 9.78 Å². The summed E-state index contributed by atoms with van der Waals surface area (Å²) in [6.07, 6.45) is 6.72. The summed E-state index contributed by atoms with van der Waals surface area (Å²) in [6.45, 7) is 1.50. The van der Waals surface area contributed by atoms with Crippen LogP contribution in [0.4, 0.5) is 0 Å². The Morgan fingerprint density at radius 2 is 2.42 bits per heavy atom. The lowest BCUT2D eigenvalue weighted by atomic mass is 10.3. The molecule has 60 valence electrons. The number of carbonyl (C=O) groups excluding carboxylic acids is 1. The summed E-state index contributed by atoms with van der Waals surface area (Å²) in [5.74, 6) is -0.0290. The average molecular weight is 161 g/mol. The molecule has 2 heterocycles. The summed E-state index contributed by atoms with van der Waals surface area (Å²) in [5, 5.41) is 0. The molecule has 0 spiro atoms. The Morgan fingerprint density at radius 1 is 1.58 bits per heavy atom. The van der Waals surface area contributed by atoms with E-state index in [0.29, 0.717) is 11.3 Å². The standard InChI is InChI=1S/C8H7N3O/c1-6(12)7-5-11-3-2-9-4-8(11)10-7/h2-5H,1H3. The molecule has 0 atom stereocenters. The van der Waals surface area contributed by atoms with Crippen molar-refractivity contribution < 1.29 is 4.79 Å². The highest BCUT2D eigenvalue weighted by molar-refractivity contribution is 5.92. The third kappa shape index (κ3) is 0.972. The molecule has 0 fully saturated rings. The molecule has 0 amide bonds. The number of Topliss-reactive ketones (excluding diaryl/α,β-unsaturated/α-hetero) is 1. The maximum absolute atomic E-state index is 10.9. The molecule has 0 bridgehead atoms. The van der Waals surface area contributed by atoms with E-state index in [1.54, 1.807) is 29.2 Å². The molecule has 0 saturated carbocycles. The molecule has 2 aromatic rings. The third-order valence-corrected chi connectivity index (χ3v) is 1.62. The molecule has 0 N–H and O–H groups in total. The van der Waals surface area contributed by atoms with Crippen molar-refractivity contribution in [3.63, 3.8) is 0 Å². The fourth-order valence-corrected chi connectivity index (χ4v) is 1.01. The molecule has 12 heavy (non-hydrogen) atoms. The van der Waals surface area contributed by atoms with Gasteiger partial charge in [-0.05, 0) is 0 Å². The van der Waals surface area contributed by atoms with Gasteiger partial charge in [-0.25, -0.2) is 4.98 Å². The van der Waals surface area contributed by atoms with Crippen LogP contribution in [0.5, 0.6) is 0 Å². The first-order valence-corrected chi connectivity index (χ1v) is 3.57. The van der Waals surface area contributed by atoms with E-state index < -0.39 is 0 Å². The lowest BCUT2D eigenvalue weighted by Crippen LogP contribution is -1.89. The van der Waals surface area contributed by atoms with Gasteiger partial charge in [0.25, 0.3) is 0 Å². The Labute approximate surface area is 68.9 Å². The second kappa shape index (κ2) is 2.41. The number of carbonyl (C=O) groups is 1. The minimum atomic E-state index is -0.0290. The Kier molecular flexibility index (Phi) is 1.40. The van der Waals surface area contributed by atoms with Crippen molar-refractivity contribution >= 4 is 11.4 Å². The average Bonchev–Trinajstić information content (AvgIpc) is 2.46. The topological polar surface area (TPSA) is 47.3 Å². The summed E-state index contributed by atoms with van der Waals surface area (Å²) < 4.78 is 1.77. The monoisotopic (exact) mass is 161 g/mol. The van der Waals surface area contributed by atoms with Crippen LogP contribution in [0.15, 0.2) is 24.8 Å². The predicted octanol–water partition coefficient (Wildman–Crippen LogP) is 0.932. The van der Waals surface area contributed by atoms with E-state index in [2.05, 4.69) is 9.97 Å². The highest BCUT2D eigenvalue weighted by atomic mass is 16.1. The van der Waals surface area contributed by atoms with Crippen molar-refractivity contribution in [1.29, 1.82) is 0 Å². The Bertz CT molecular complexity index is 400. The number of nitrogens with zero attached hydrogens (tertiary/aromatic N) is 3. The van der Waals surface area contributed by atoms with Crippen LogP contribution in [0.2, 0.25) is 0 Å². The molecule has 0 saturated heterocycles. The molecular formula is C8H7N3O. The van der Waals surface area contributed by atoms with E-state index >= 15 is 0 Å². The van der Waals surface area contributed by atoms with Crippen molar-refractivity contribution in [2.24, 2.45) is 0 Å². The van der Waals surface area contributed by atoms with Crippen LogP contribution in [0.1, 0.15) is 17.4 Å². The number of aromatic nitrogens is 3. The molecule has 0 aliphatic heterocycles. The van der Waals surface area contributed by atoms with Crippen LogP contribution < -0.4 is 0 Å². The number of hydrogen-bond acceptors (Lipinski definition) is 3. The van der Waals surface area contributed by atoms with E-state index in [0.717, 1.165) is 0 Å². The van der Waals surface area contributed by atoms with E-state index in [1.807, 2.05) is 0 Å². The van der Waals surface area contributed by atoms with Crippen molar-refractivity contribution in [1.82, 2.24) is 14.4 Å². The quantitative estimate of drug-likeness (QED) is 0.584. The highest BCUT2D eigenvalue weighted by Gasteiger charge is 2.04. The molecule has 0 unspecified atom stereocenters. The highest BCUT2D eigenvalue weighted by Crippen LogP contribution is 2.02. The molecule has 0 aromatic carbocycles. The SMILES string of the molecule is CC(=O)c1cn2ccncc2n1. The Hall–Kier alpha value is -1.71. The fourth-order valence-electron chi connectivity index (χ4n) is 1.01. The van der Waals surface area contributed by atoms with Gasteiger partial charge in [0.2, 0.25) is 0 Å². The van der Waals surface area contributed by atoms with Crippen LogP contribution in [0.25, 0.3) is 5.65 Å². The van der Waals surface area contributed by atoms with Gasteiger partial charge in [-0.15, -0.1) is 0 Å². The molecule has 2 aromatic heterocycles. The largest absolute Gasteiger partial charge is 0.304 e. The van der Waals surface area contributed by atoms with Crippen LogP contribution in [-0.4, -0.2) is 20.2 Å². The Balaban J connectivity index is 2.70. The first kappa shape index (κ1) is 6.97. The van der Waals surface area contributed by atoms with E-state index in [4.69, 9.17) is 0 Å². The Morgan fingerprint density at radius 3 is 3.08 bits per heavy atom. The van der Waals surface area contributed by atoms with Crippen molar-refractivity contribution in [2.45, 2.75) is 6.92 Å². The second-order valence-electron chi connectivity index (χ2n) is 2.52. The molecule has 0 radical (unpaired) electrons. The number of hydrogen-bond donors (Lipinski definition) is 0. The normalized spacial score (nSPS) is 10.4. The zero-order chi connectivity index (χ0) is 8.55. The van der Waals surface area contributed by atoms with Gasteiger partial charge < -0.3 is 4.40 Å². The minimum absolute atomic E-state index is 0.0290. The third-order valence-electron chi connectivity index (χ3n) is 1.62. The van der Waals surface area contributed by atoms with Crippen molar-refractivity contribution in [3.8, 4) is 0 Å². The van der Waals surface area contributed by atoms with Crippen LogP contribution >= 0.6 is 0 Å². The first-order valence-electron chi connectivity index (χ1n) is 3.57. The van der Waals surface area contributed by atoms with Crippen LogP contribution in [0.3, 0.4) is 0 Å². The number of rotatable bonds is 1. The fraction of sp³-hybridized carbons (Fsp3) is 0.125. The number of fused-ring (bicyclic) bond motifs is 1. The maximum Gasteiger partial charge on any atom is 0.179 e. The molecule has 4 heteroatoms. The zero-order valence-corrected chi connectivity index (χ0v) is 6.56. The summed E-state index contributed by atoms with van der Waals surface area (Å²) in [4.78, 5) is 18.9. The molecule has 4 nitrogen and oxygen atoms in total. The minimum Gasteiger partial charge on any atom is -0.304 e. The van der Waals surface area contributed by atoms with E-state index in [-0.39, 0.29) is 5.78 Å². The summed E-state index contributed by atoms with van der Waals surface area (Å²) >= 11 is 0. The smallest absolute Gasteiger partial charge is 0.179 e. The van der Waals surface area contributed by atoms with Gasteiger partial charge in [0, 0.05) is 25.5 Å². The summed E-state index contributed by atoms with van der Waals surface area (Å²) in [5.41, 5.74) is 1.17. The lowest BCUT2D eigenvalue weighted by molar-refractivity contribution is 0.101. The van der Waals surface area contributed by atoms with Crippen molar-refractivity contribution in [2.75, 3.05) is 0 Å². The van der Waals surface area contributed by atoms with Crippen LogP contribution in [-0.2, 0) is 0 Å². The van der Waals surface area contributed by atoms with E-state index in [1.165, 1.54) is 6.92 Å². The van der Waals surface area contributed by atoms with Gasteiger partial charge in [0.1, 0.15) is 5.69 Å². The summed E-state index contributed by atoms with van der Waals surface area (Å²) in [7, 11) is 0. The predicted molar refractivity (Wildman–Crippen MR) is 43.0 cm³/mol. The van der Waals surface area contributed by atoms with Gasteiger partial charge in [-0.2, -0.15) is 0 Å². The van der Waals surface area contributed by atoms with Crippen LogP contribution in [0, 0.1) is 0 Å². The molecule has 0 aliphatic rings. The zero-order valence-electron chi connectivity index (χ0n) is 6.56. The lowest BCUT2D eigenvalue weighted by Gasteiger charge is -1.85. The number of ketones is 1. The van der Waals surface area contributed by atoms with Crippen molar-refractivity contribution in [3.05, 3.63) is 30.5 Å². The molecule has 0 aliphatic carbocycles. The summed E-state index contributed by atoms with van der Waals surface area (Å²) in [6, 6.07) is 0. The number of imidazole rings is 1. The molecular weight excluding hydrogens is 154 g/mol. The van der Waals surface area contributed by atoms with E-state index in [9.17, 15) is 4.79 Å². The second-order valence-corrected chi connectivity index (χ2v) is 2.52. The van der Waals surface area contributed by atoms with Gasteiger partial charge in [-0.1, -0.05) is 0 Å². The van der Waals surface area contributed by atoms with Gasteiger partial charge in [0.05, 0.1) is 6.20 Å². The first-order chi connectivity index (χ1) is 5.77. The van der Waals surface area contributed by atoms with Gasteiger partial charge in [0.15, 0.2) is 11.4 Å². The van der Waals surface area contributed by atoms with Gasteiger partial charge >= 0.3 is 0 Å².